The minimum atomic E-state index is -3.78. The van der Waals surface area contributed by atoms with Gasteiger partial charge in [-0.3, -0.25) is 14.8 Å². The van der Waals surface area contributed by atoms with Crippen LogP contribution in [-0.4, -0.2) is 24.5 Å². The number of benzene rings is 2. The number of anilines is 2. The van der Waals surface area contributed by atoms with E-state index in [0.29, 0.717) is 16.3 Å². The van der Waals surface area contributed by atoms with Crippen molar-refractivity contribution in [2.45, 2.75) is 11.8 Å². The Labute approximate surface area is 204 Å². The smallest absolute Gasteiger partial charge is 0.268 e. The maximum Gasteiger partial charge on any atom is 0.268 e. The summed E-state index contributed by atoms with van der Waals surface area (Å²) < 4.78 is 27.8. The van der Waals surface area contributed by atoms with Crippen LogP contribution in [0.3, 0.4) is 0 Å². The van der Waals surface area contributed by atoms with Crippen molar-refractivity contribution in [3.63, 3.8) is 0 Å². The standard InChI is InChI=1S/C23H17N5O3S3/c1-15-7-9-19(10-8-15)34(30,31)28-18-5-2-4-16(13-18)12-17(14-24)21(29)25-23-27-26-22(33-23)20-6-3-11-32-20/h2-13,28H,1H3,(H,25,27,29)/b17-12+. The van der Waals surface area contributed by atoms with Crippen molar-refractivity contribution in [1.29, 1.82) is 5.26 Å². The lowest BCUT2D eigenvalue weighted by molar-refractivity contribution is -0.112. The van der Waals surface area contributed by atoms with Crippen LogP contribution >= 0.6 is 22.7 Å². The number of amides is 1. The van der Waals surface area contributed by atoms with Crippen LogP contribution in [0, 0.1) is 18.3 Å². The summed E-state index contributed by atoms with van der Waals surface area (Å²) in [5, 5.41) is 22.9. The number of aryl methyl sites for hydroxylation is 1. The van der Waals surface area contributed by atoms with E-state index in [1.807, 2.05) is 30.5 Å². The van der Waals surface area contributed by atoms with Crippen LogP contribution in [0.4, 0.5) is 10.8 Å². The van der Waals surface area contributed by atoms with Gasteiger partial charge in [0.05, 0.1) is 9.77 Å². The number of hydrogen-bond acceptors (Lipinski definition) is 8. The topological polar surface area (TPSA) is 125 Å². The predicted molar refractivity (Wildman–Crippen MR) is 134 cm³/mol. The summed E-state index contributed by atoms with van der Waals surface area (Å²) in [6.07, 6.45) is 1.38. The molecule has 0 radical (unpaired) electrons. The van der Waals surface area contributed by atoms with Gasteiger partial charge in [0.1, 0.15) is 11.6 Å². The van der Waals surface area contributed by atoms with E-state index in [4.69, 9.17) is 0 Å². The zero-order valence-corrected chi connectivity index (χ0v) is 20.2. The Kier molecular flexibility index (Phi) is 6.83. The van der Waals surface area contributed by atoms with Gasteiger partial charge in [-0.05, 0) is 54.3 Å². The van der Waals surface area contributed by atoms with E-state index in [0.717, 1.165) is 10.4 Å². The molecular weight excluding hydrogens is 490 g/mol. The highest BCUT2D eigenvalue weighted by Gasteiger charge is 2.16. The molecule has 0 saturated carbocycles. The maximum absolute atomic E-state index is 12.6. The Balaban J connectivity index is 1.50. The first-order chi connectivity index (χ1) is 16.3. The lowest BCUT2D eigenvalue weighted by atomic mass is 10.1. The fourth-order valence-electron chi connectivity index (χ4n) is 2.88. The minimum Gasteiger partial charge on any atom is -0.296 e. The third kappa shape index (κ3) is 5.55. The summed E-state index contributed by atoms with van der Waals surface area (Å²) in [7, 11) is -3.78. The number of aromatic nitrogens is 2. The second-order valence-electron chi connectivity index (χ2n) is 7.06. The van der Waals surface area contributed by atoms with E-state index in [2.05, 4.69) is 20.2 Å². The molecule has 4 rings (SSSR count). The third-order valence-electron chi connectivity index (χ3n) is 4.52. The highest BCUT2D eigenvalue weighted by atomic mass is 32.2. The van der Waals surface area contributed by atoms with Crippen LogP contribution in [-0.2, 0) is 14.8 Å². The number of carbonyl (C=O) groups is 1. The lowest BCUT2D eigenvalue weighted by Crippen LogP contribution is -2.13. The molecule has 0 fully saturated rings. The van der Waals surface area contributed by atoms with E-state index >= 15 is 0 Å². The Hall–Kier alpha value is -3.85. The van der Waals surface area contributed by atoms with Crippen molar-refractivity contribution in [2.75, 3.05) is 10.0 Å². The molecule has 11 heteroatoms. The summed E-state index contributed by atoms with van der Waals surface area (Å²) in [6.45, 7) is 1.87. The molecule has 2 heterocycles. The monoisotopic (exact) mass is 507 g/mol. The number of rotatable bonds is 7. The van der Waals surface area contributed by atoms with E-state index in [1.165, 1.54) is 46.9 Å². The Bertz CT molecular complexity index is 1500. The van der Waals surface area contributed by atoms with Crippen molar-refractivity contribution in [2.24, 2.45) is 0 Å². The SMILES string of the molecule is Cc1ccc(S(=O)(=O)Nc2cccc(/C=C(\C#N)C(=O)Nc3nnc(-c4cccs4)s3)c2)cc1. The predicted octanol–water partition coefficient (Wildman–Crippen LogP) is 4.92. The summed E-state index contributed by atoms with van der Waals surface area (Å²) >= 11 is 2.71. The van der Waals surface area contributed by atoms with Crippen molar-refractivity contribution in [3.05, 3.63) is 82.7 Å². The molecule has 2 N–H and O–H groups in total. The van der Waals surface area contributed by atoms with Gasteiger partial charge in [-0.2, -0.15) is 5.26 Å². The van der Waals surface area contributed by atoms with Crippen molar-refractivity contribution in [1.82, 2.24) is 10.2 Å². The van der Waals surface area contributed by atoms with E-state index < -0.39 is 15.9 Å². The molecule has 0 unspecified atom stereocenters. The first-order valence-corrected chi connectivity index (χ1v) is 13.0. The Morgan fingerprint density at radius 2 is 1.88 bits per heavy atom. The van der Waals surface area contributed by atoms with Gasteiger partial charge in [0, 0.05) is 5.69 Å². The van der Waals surface area contributed by atoms with Crippen molar-refractivity contribution in [3.8, 4) is 16.0 Å². The minimum absolute atomic E-state index is 0.134. The van der Waals surface area contributed by atoms with Crippen LogP contribution < -0.4 is 10.0 Å². The van der Waals surface area contributed by atoms with Gasteiger partial charge in [-0.15, -0.1) is 21.5 Å². The van der Waals surface area contributed by atoms with Crippen molar-refractivity contribution < 1.29 is 13.2 Å². The van der Waals surface area contributed by atoms with Gasteiger partial charge < -0.3 is 0 Å². The molecular formula is C23H17N5O3S3. The van der Waals surface area contributed by atoms with Gasteiger partial charge in [0.2, 0.25) is 5.13 Å². The lowest BCUT2D eigenvalue weighted by Gasteiger charge is -2.09. The quantitative estimate of drug-likeness (QED) is 0.270. The molecule has 2 aromatic heterocycles. The number of sulfonamides is 1. The molecule has 0 bridgehead atoms. The molecule has 8 nitrogen and oxygen atoms in total. The number of hydrogen-bond donors (Lipinski definition) is 2. The largest absolute Gasteiger partial charge is 0.296 e. The summed E-state index contributed by atoms with van der Waals surface area (Å²) in [5.41, 5.74) is 1.57. The number of thiophene rings is 1. The fourth-order valence-corrected chi connectivity index (χ4v) is 5.46. The molecule has 0 aliphatic carbocycles. The maximum atomic E-state index is 12.6. The summed E-state index contributed by atoms with van der Waals surface area (Å²) in [6, 6.07) is 18.6. The number of nitrogens with one attached hydrogen (secondary N) is 2. The van der Waals surface area contributed by atoms with Crippen LogP contribution in [0.25, 0.3) is 16.0 Å². The van der Waals surface area contributed by atoms with E-state index in [1.54, 1.807) is 30.3 Å². The van der Waals surface area contributed by atoms with Crippen molar-refractivity contribution >= 4 is 55.5 Å². The molecule has 4 aromatic rings. The van der Waals surface area contributed by atoms with Gasteiger partial charge >= 0.3 is 0 Å². The van der Waals surface area contributed by atoms with Gasteiger partial charge in [0.25, 0.3) is 15.9 Å². The average molecular weight is 508 g/mol. The van der Waals surface area contributed by atoms with Crippen LogP contribution in [0.15, 0.2) is 76.5 Å². The second-order valence-corrected chi connectivity index (χ2v) is 10.7. The summed E-state index contributed by atoms with van der Waals surface area (Å²) in [4.78, 5) is 13.7. The molecule has 0 atom stereocenters. The molecule has 0 saturated heterocycles. The normalized spacial score (nSPS) is 11.6. The van der Waals surface area contributed by atoms with Gasteiger partial charge in [-0.1, -0.05) is 47.2 Å². The molecule has 0 aliphatic rings. The molecule has 34 heavy (non-hydrogen) atoms. The van der Waals surface area contributed by atoms with Crippen LogP contribution in [0.5, 0.6) is 0 Å². The van der Waals surface area contributed by atoms with E-state index in [-0.39, 0.29) is 15.6 Å². The highest BCUT2D eigenvalue weighted by molar-refractivity contribution is 7.92. The second kappa shape index (κ2) is 9.96. The molecule has 0 spiro atoms. The average Bonchev–Trinajstić information content (AvgIpc) is 3.50. The first-order valence-electron chi connectivity index (χ1n) is 9.84. The van der Waals surface area contributed by atoms with Gasteiger partial charge in [0.15, 0.2) is 5.01 Å². The highest BCUT2D eigenvalue weighted by Crippen LogP contribution is 2.30. The van der Waals surface area contributed by atoms with Crippen LogP contribution in [0.2, 0.25) is 0 Å². The first kappa shape index (κ1) is 23.3. The summed E-state index contributed by atoms with van der Waals surface area (Å²) in [5.74, 6) is -0.637. The van der Waals surface area contributed by atoms with Gasteiger partial charge in [-0.25, -0.2) is 8.42 Å². The number of carbonyl (C=O) groups excluding carboxylic acids is 1. The molecule has 0 aliphatic heterocycles. The zero-order valence-electron chi connectivity index (χ0n) is 17.7. The van der Waals surface area contributed by atoms with Crippen LogP contribution in [0.1, 0.15) is 11.1 Å². The number of nitrogens with zero attached hydrogens (tertiary/aromatic N) is 3. The molecule has 2 aromatic carbocycles. The zero-order chi connectivity index (χ0) is 24.1. The molecule has 170 valence electrons. The Morgan fingerprint density at radius 1 is 1.09 bits per heavy atom. The fraction of sp³-hybridized carbons (Fsp3) is 0.0435. The molecule has 1 amide bonds. The Morgan fingerprint density at radius 3 is 2.59 bits per heavy atom. The number of nitriles is 1. The third-order valence-corrected chi connectivity index (χ3v) is 7.80. The van der Waals surface area contributed by atoms with E-state index in [9.17, 15) is 18.5 Å².